The maximum Gasteiger partial charge on any atom is 0.408 e. The summed E-state index contributed by atoms with van der Waals surface area (Å²) >= 11 is 0. The summed E-state index contributed by atoms with van der Waals surface area (Å²) in [6.45, 7) is 5.81. The number of ether oxygens (including phenoxy) is 1. The van der Waals surface area contributed by atoms with Gasteiger partial charge in [0.25, 0.3) is 0 Å². The predicted molar refractivity (Wildman–Crippen MR) is 136 cm³/mol. The van der Waals surface area contributed by atoms with Gasteiger partial charge < -0.3 is 15.4 Å². The molecule has 188 valence electrons. The first-order chi connectivity index (χ1) is 16.9. The van der Waals surface area contributed by atoms with E-state index < -0.39 is 12.1 Å². The number of carbonyl (C=O) groups is 3. The van der Waals surface area contributed by atoms with Crippen LogP contribution in [0, 0.1) is 5.92 Å². The first kappa shape index (κ1) is 26.4. The molecule has 2 atom stereocenters. The third kappa shape index (κ3) is 8.83. The summed E-state index contributed by atoms with van der Waals surface area (Å²) in [4.78, 5) is 40.5. The minimum Gasteiger partial charge on any atom is -0.445 e. The van der Waals surface area contributed by atoms with Gasteiger partial charge >= 0.3 is 6.09 Å². The first-order valence-corrected chi connectivity index (χ1v) is 12.5. The Morgan fingerprint density at radius 3 is 2.31 bits per heavy atom. The Bertz CT molecular complexity index is 949. The third-order valence-corrected chi connectivity index (χ3v) is 6.22. The fraction of sp³-hybridized carbons (Fsp3) is 0.464. The quantitative estimate of drug-likeness (QED) is 0.485. The Kier molecular flexibility index (Phi) is 10.3. The summed E-state index contributed by atoms with van der Waals surface area (Å²) in [5, 5.41) is 5.77. The highest BCUT2D eigenvalue weighted by Gasteiger charge is 2.33. The van der Waals surface area contributed by atoms with Crippen molar-refractivity contribution >= 4 is 17.8 Å². The number of nitrogens with zero attached hydrogens (tertiary/aromatic N) is 1. The molecule has 2 aromatic rings. The summed E-state index contributed by atoms with van der Waals surface area (Å²) in [5.41, 5.74) is 1.82. The lowest BCUT2D eigenvalue weighted by molar-refractivity contribution is -0.127. The van der Waals surface area contributed by atoms with Gasteiger partial charge in [-0.2, -0.15) is 0 Å². The minimum absolute atomic E-state index is 0.0224. The van der Waals surface area contributed by atoms with Crippen LogP contribution in [0.4, 0.5) is 4.79 Å². The largest absolute Gasteiger partial charge is 0.445 e. The summed E-state index contributed by atoms with van der Waals surface area (Å²) in [5.74, 6) is 0.362. The van der Waals surface area contributed by atoms with E-state index in [0.29, 0.717) is 25.4 Å². The lowest BCUT2D eigenvalue weighted by Crippen LogP contribution is -2.50. The van der Waals surface area contributed by atoms with Crippen molar-refractivity contribution in [3.8, 4) is 0 Å². The first-order valence-electron chi connectivity index (χ1n) is 12.5. The molecule has 0 unspecified atom stereocenters. The molecule has 1 aliphatic heterocycles. The van der Waals surface area contributed by atoms with Gasteiger partial charge in [0, 0.05) is 6.54 Å². The molecule has 7 heteroatoms. The molecule has 0 bridgehead atoms. The van der Waals surface area contributed by atoms with Gasteiger partial charge in [-0.15, -0.1) is 0 Å². The van der Waals surface area contributed by atoms with Crippen LogP contribution in [-0.2, 0) is 27.4 Å². The number of benzene rings is 2. The molecule has 2 amide bonds. The maximum absolute atomic E-state index is 13.3. The molecule has 0 saturated carbocycles. The number of nitrogens with one attached hydrogen (secondary N) is 2. The molecule has 2 aromatic carbocycles. The minimum atomic E-state index is -0.745. The van der Waals surface area contributed by atoms with Crippen LogP contribution in [0.2, 0.25) is 0 Å². The number of Topliss-reactive ketones (excluding diaryl/α,β-unsaturated/α-hetero) is 1. The van der Waals surface area contributed by atoms with Gasteiger partial charge in [-0.25, -0.2) is 4.79 Å². The molecule has 1 fully saturated rings. The average molecular weight is 480 g/mol. The van der Waals surface area contributed by atoms with Crippen molar-refractivity contribution in [2.45, 2.75) is 58.2 Å². The molecule has 1 heterocycles. The van der Waals surface area contributed by atoms with Crippen LogP contribution in [0.5, 0.6) is 0 Å². The van der Waals surface area contributed by atoms with Gasteiger partial charge in [-0.05, 0) is 49.3 Å². The second-order valence-corrected chi connectivity index (χ2v) is 9.52. The predicted octanol–water partition coefficient (Wildman–Crippen LogP) is 3.72. The van der Waals surface area contributed by atoms with E-state index in [-0.39, 0.29) is 30.9 Å². The second-order valence-electron chi connectivity index (χ2n) is 9.52. The third-order valence-electron chi connectivity index (χ3n) is 6.22. The number of ketones is 1. The van der Waals surface area contributed by atoms with Crippen LogP contribution in [0.1, 0.15) is 44.2 Å². The molecule has 3 rings (SSSR count). The van der Waals surface area contributed by atoms with E-state index in [4.69, 9.17) is 4.74 Å². The van der Waals surface area contributed by atoms with Gasteiger partial charge in [-0.3, -0.25) is 14.5 Å². The zero-order valence-corrected chi connectivity index (χ0v) is 20.7. The molecule has 0 radical (unpaired) electrons. The van der Waals surface area contributed by atoms with Crippen molar-refractivity contribution in [2.75, 3.05) is 19.6 Å². The number of hydrogen-bond acceptors (Lipinski definition) is 5. The van der Waals surface area contributed by atoms with E-state index in [9.17, 15) is 14.4 Å². The van der Waals surface area contributed by atoms with Crippen molar-refractivity contribution in [1.82, 2.24) is 15.5 Å². The Hall–Kier alpha value is -3.19. The van der Waals surface area contributed by atoms with E-state index in [1.165, 1.54) is 0 Å². The highest BCUT2D eigenvalue weighted by atomic mass is 16.5. The molecule has 0 aromatic heterocycles. The Morgan fingerprint density at radius 2 is 1.66 bits per heavy atom. The second kappa shape index (κ2) is 13.6. The van der Waals surface area contributed by atoms with Gasteiger partial charge in [0.15, 0.2) is 5.78 Å². The standard InChI is InChI=1S/C28H37N3O4/c1-21(2)15-16-29-27(33)25-14-9-17-31(25)19-26(32)24(18-22-10-5-3-6-11-22)30-28(34)35-20-23-12-7-4-8-13-23/h3-8,10-13,21,24-25H,9,14-20H2,1-2H3,(H,29,33)(H,30,34)/t24-,25-/m0/s1. The molecular weight excluding hydrogens is 442 g/mol. The Labute approximate surface area is 208 Å². The molecule has 7 nitrogen and oxygen atoms in total. The zero-order chi connectivity index (χ0) is 25.0. The van der Waals surface area contributed by atoms with Crippen molar-refractivity contribution < 1.29 is 19.1 Å². The zero-order valence-electron chi connectivity index (χ0n) is 20.7. The fourth-order valence-corrected chi connectivity index (χ4v) is 4.23. The molecule has 1 saturated heterocycles. The van der Waals surface area contributed by atoms with Crippen molar-refractivity contribution in [3.63, 3.8) is 0 Å². The Balaban J connectivity index is 1.60. The highest BCUT2D eigenvalue weighted by molar-refractivity contribution is 5.90. The van der Waals surface area contributed by atoms with E-state index in [1.54, 1.807) is 0 Å². The van der Waals surface area contributed by atoms with Crippen molar-refractivity contribution in [2.24, 2.45) is 5.92 Å². The molecular formula is C28H37N3O4. The number of amides is 2. The molecule has 0 aliphatic carbocycles. The van der Waals surface area contributed by atoms with Crippen LogP contribution in [0.25, 0.3) is 0 Å². The van der Waals surface area contributed by atoms with E-state index in [0.717, 1.165) is 30.4 Å². The van der Waals surface area contributed by atoms with Crippen LogP contribution in [0.15, 0.2) is 60.7 Å². The SMILES string of the molecule is CC(C)CCNC(=O)[C@@H]1CCCN1CC(=O)[C@H](Cc1ccccc1)NC(=O)OCc1ccccc1. The molecule has 2 N–H and O–H groups in total. The number of rotatable bonds is 12. The van der Waals surface area contributed by atoms with Crippen LogP contribution < -0.4 is 10.6 Å². The molecule has 1 aliphatic rings. The Morgan fingerprint density at radius 1 is 1.00 bits per heavy atom. The normalized spacial score (nSPS) is 16.6. The van der Waals surface area contributed by atoms with Gasteiger partial charge in [0.2, 0.25) is 5.91 Å². The summed E-state index contributed by atoms with van der Waals surface area (Å²) in [6, 6.07) is 17.9. The monoisotopic (exact) mass is 479 g/mol. The number of alkyl carbamates (subject to hydrolysis) is 1. The van der Waals surface area contributed by atoms with E-state index in [1.807, 2.05) is 65.6 Å². The topological polar surface area (TPSA) is 87.7 Å². The highest BCUT2D eigenvalue weighted by Crippen LogP contribution is 2.18. The maximum atomic E-state index is 13.3. The molecule has 0 spiro atoms. The van der Waals surface area contributed by atoms with Gasteiger partial charge in [0.1, 0.15) is 6.61 Å². The smallest absolute Gasteiger partial charge is 0.408 e. The van der Waals surface area contributed by atoms with Gasteiger partial charge in [0.05, 0.1) is 18.6 Å². The number of hydrogen-bond donors (Lipinski definition) is 2. The summed E-state index contributed by atoms with van der Waals surface area (Å²) in [6.07, 6.45) is 2.25. The van der Waals surface area contributed by atoms with Crippen LogP contribution in [0.3, 0.4) is 0 Å². The molecule has 35 heavy (non-hydrogen) atoms. The average Bonchev–Trinajstić information content (AvgIpc) is 3.31. The van der Waals surface area contributed by atoms with E-state index in [2.05, 4.69) is 24.5 Å². The summed E-state index contributed by atoms with van der Waals surface area (Å²) < 4.78 is 5.36. The number of likely N-dealkylation sites (tertiary alicyclic amines) is 1. The van der Waals surface area contributed by atoms with Gasteiger partial charge in [-0.1, -0.05) is 74.5 Å². The van der Waals surface area contributed by atoms with Crippen molar-refractivity contribution in [1.29, 1.82) is 0 Å². The van der Waals surface area contributed by atoms with E-state index >= 15 is 0 Å². The lowest BCUT2D eigenvalue weighted by Gasteiger charge is -2.26. The fourth-order valence-electron chi connectivity index (χ4n) is 4.23. The summed E-state index contributed by atoms with van der Waals surface area (Å²) in [7, 11) is 0. The lowest BCUT2D eigenvalue weighted by atomic mass is 10.0. The van der Waals surface area contributed by atoms with Crippen molar-refractivity contribution in [3.05, 3.63) is 71.8 Å². The van der Waals surface area contributed by atoms with Crippen LogP contribution >= 0.6 is 0 Å². The number of carbonyl (C=O) groups excluding carboxylic acids is 3. The van der Waals surface area contributed by atoms with Crippen LogP contribution in [-0.4, -0.2) is 54.4 Å².